The first-order chi connectivity index (χ1) is 6.11. The average Bonchev–Trinajstić information content (AvgIpc) is 2.01. The van der Waals surface area contributed by atoms with Crippen LogP contribution in [0.25, 0.3) is 0 Å². The molecule has 1 aromatic heterocycles. The van der Waals surface area contributed by atoms with Crippen LogP contribution in [0.4, 0.5) is 5.82 Å². The Morgan fingerprint density at radius 3 is 2.62 bits per heavy atom. The Hall–Kier alpha value is -1.05. The number of anilines is 1. The van der Waals surface area contributed by atoms with Crippen LogP contribution in [0.5, 0.6) is 0 Å². The van der Waals surface area contributed by atoms with Crippen molar-refractivity contribution in [3.05, 3.63) is 23.4 Å². The van der Waals surface area contributed by atoms with Gasteiger partial charge in [-0.05, 0) is 44.9 Å². The van der Waals surface area contributed by atoms with Gasteiger partial charge in [-0.3, -0.25) is 0 Å². The number of rotatable bonds is 3. The van der Waals surface area contributed by atoms with E-state index in [9.17, 15) is 0 Å². The van der Waals surface area contributed by atoms with E-state index in [1.54, 1.807) is 0 Å². The van der Waals surface area contributed by atoms with Gasteiger partial charge in [-0.15, -0.1) is 0 Å². The van der Waals surface area contributed by atoms with Crippen LogP contribution >= 0.6 is 0 Å². The molecule has 0 radical (unpaired) electrons. The summed E-state index contributed by atoms with van der Waals surface area (Å²) in [7, 11) is 0. The van der Waals surface area contributed by atoms with Gasteiger partial charge < -0.3 is 5.32 Å². The van der Waals surface area contributed by atoms with E-state index in [2.05, 4.69) is 43.2 Å². The summed E-state index contributed by atoms with van der Waals surface area (Å²) in [6.07, 6.45) is 1.07. The quantitative estimate of drug-likeness (QED) is 0.769. The fraction of sp³-hybridized carbons (Fsp3) is 0.545. The van der Waals surface area contributed by atoms with Crippen molar-refractivity contribution < 1.29 is 0 Å². The summed E-state index contributed by atoms with van der Waals surface area (Å²) in [6.45, 7) is 8.43. The summed E-state index contributed by atoms with van der Waals surface area (Å²) in [6, 6.07) is 4.69. The number of nitrogens with zero attached hydrogens (tertiary/aromatic N) is 1. The second-order valence-electron chi connectivity index (χ2n) is 3.65. The molecule has 2 nitrogen and oxygen atoms in total. The molecule has 2 heteroatoms. The van der Waals surface area contributed by atoms with Gasteiger partial charge in [0, 0.05) is 11.7 Å². The Balaban J connectivity index is 2.88. The van der Waals surface area contributed by atoms with E-state index in [0.29, 0.717) is 6.04 Å². The molecule has 0 saturated carbocycles. The lowest BCUT2D eigenvalue weighted by molar-refractivity contribution is 0.884. The van der Waals surface area contributed by atoms with Crippen molar-refractivity contribution in [1.29, 1.82) is 0 Å². The highest BCUT2D eigenvalue weighted by molar-refractivity contribution is 5.40. The van der Waals surface area contributed by atoms with E-state index >= 15 is 0 Å². The highest BCUT2D eigenvalue weighted by Gasteiger charge is 1.99. The molecule has 0 bridgehead atoms. The van der Waals surface area contributed by atoms with Crippen molar-refractivity contribution in [2.75, 3.05) is 5.32 Å². The van der Waals surface area contributed by atoms with Crippen LogP contribution in [-0.2, 0) is 6.42 Å². The maximum absolute atomic E-state index is 4.41. The van der Waals surface area contributed by atoms with Gasteiger partial charge in [0.15, 0.2) is 0 Å². The summed E-state index contributed by atoms with van der Waals surface area (Å²) >= 11 is 0. The lowest BCUT2D eigenvalue weighted by atomic mass is 10.2. The van der Waals surface area contributed by atoms with Crippen LogP contribution in [-0.4, -0.2) is 11.0 Å². The second kappa shape index (κ2) is 4.26. The van der Waals surface area contributed by atoms with Crippen LogP contribution in [0.15, 0.2) is 12.1 Å². The van der Waals surface area contributed by atoms with E-state index < -0.39 is 0 Å². The van der Waals surface area contributed by atoms with Crippen molar-refractivity contribution in [3.63, 3.8) is 0 Å². The fourth-order valence-corrected chi connectivity index (χ4v) is 1.31. The van der Waals surface area contributed by atoms with Crippen molar-refractivity contribution in [2.24, 2.45) is 0 Å². The third kappa shape index (κ3) is 3.05. The van der Waals surface area contributed by atoms with Crippen LogP contribution in [0.1, 0.15) is 32.0 Å². The van der Waals surface area contributed by atoms with Crippen LogP contribution in [0.3, 0.4) is 0 Å². The number of pyridine rings is 1. The molecule has 0 amide bonds. The number of aromatic nitrogens is 1. The normalized spacial score (nSPS) is 10.5. The molecule has 1 aromatic rings. The summed E-state index contributed by atoms with van der Waals surface area (Å²) in [5.74, 6) is 0.992. The molecule has 0 spiro atoms. The molecule has 0 aliphatic heterocycles. The molecule has 0 aliphatic carbocycles. The SMILES string of the molecule is CCc1cc(C)nc(NC(C)C)c1. The Bertz CT molecular complexity index is 279. The van der Waals surface area contributed by atoms with Gasteiger partial charge in [-0.1, -0.05) is 6.92 Å². The third-order valence-electron chi connectivity index (χ3n) is 1.86. The molecule has 0 aliphatic rings. The number of nitrogens with one attached hydrogen (secondary N) is 1. The van der Waals surface area contributed by atoms with E-state index in [4.69, 9.17) is 0 Å². The topological polar surface area (TPSA) is 24.9 Å². The minimum absolute atomic E-state index is 0.444. The number of aryl methyl sites for hydroxylation is 2. The average molecular weight is 178 g/mol. The Kier molecular flexibility index (Phi) is 3.29. The molecular weight excluding hydrogens is 160 g/mol. The van der Waals surface area contributed by atoms with E-state index in [-0.39, 0.29) is 0 Å². The Morgan fingerprint density at radius 1 is 1.38 bits per heavy atom. The first-order valence-electron chi connectivity index (χ1n) is 4.86. The van der Waals surface area contributed by atoms with Crippen molar-refractivity contribution in [2.45, 2.75) is 40.2 Å². The molecule has 72 valence electrons. The monoisotopic (exact) mass is 178 g/mol. The Morgan fingerprint density at radius 2 is 2.08 bits per heavy atom. The van der Waals surface area contributed by atoms with Crippen LogP contribution < -0.4 is 5.32 Å². The molecule has 1 N–H and O–H groups in total. The first kappa shape index (κ1) is 10.0. The Labute approximate surface area is 80.4 Å². The minimum Gasteiger partial charge on any atom is -0.368 e. The summed E-state index contributed by atoms with van der Waals surface area (Å²) in [4.78, 5) is 4.41. The molecule has 0 atom stereocenters. The number of hydrogen-bond donors (Lipinski definition) is 1. The van der Waals surface area contributed by atoms with Crippen molar-refractivity contribution in [1.82, 2.24) is 4.98 Å². The zero-order valence-electron chi connectivity index (χ0n) is 8.89. The van der Waals surface area contributed by atoms with Gasteiger partial charge in [0.05, 0.1) is 0 Å². The number of hydrogen-bond acceptors (Lipinski definition) is 2. The lowest BCUT2D eigenvalue weighted by Gasteiger charge is -2.10. The van der Waals surface area contributed by atoms with Crippen LogP contribution in [0.2, 0.25) is 0 Å². The van der Waals surface area contributed by atoms with E-state index in [0.717, 1.165) is 17.9 Å². The molecule has 0 unspecified atom stereocenters. The largest absolute Gasteiger partial charge is 0.368 e. The molecule has 0 fully saturated rings. The second-order valence-corrected chi connectivity index (χ2v) is 3.65. The first-order valence-corrected chi connectivity index (χ1v) is 4.86. The van der Waals surface area contributed by atoms with Gasteiger partial charge >= 0.3 is 0 Å². The van der Waals surface area contributed by atoms with Gasteiger partial charge in [-0.25, -0.2) is 4.98 Å². The molecule has 0 aromatic carbocycles. The van der Waals surface area contributed by atoms with Gasteiger partial charge in [-0.2, -0.15) is 0 Å². The lowest BCUT2D eigenvalue weighted by Crippen LogP contribution is -2.11. The molecule has 1 heterocycles. The highest BCUT2D eigenvalue weighted by atomic mass is 15.0. The predicted octanol–water partition coefficient (Wildman–Crippen LogP) is 2.77. The highest BCUT2D eigenvalue weighted by Crippen LogP contribution is 2.11. The van der Waals surface area contributed by atoms with E-state index in [1.807, 2.05) is 6.92 Å². The van der Waals surface area contributed by atoms with Gasteiger partial charge in [0.2, 0.25) is 0 Å². The standard InChI is InChI=1S/C11H18N2/c1-5-10-6-9(4)13-11(7-10)12-8(2)3/h6-8H,5H2,1-4H3,(H,12,13). The molecular formula is C11H18N2. The summed E-state index contributed by atoms with van der Waals surface area (Å²) in [5, 5.41) is 3.31. The predicted molar refractivity (Wildman–Crippen MR) is 57.1 cm³/mol. The molecule has 1 rings (SSSR count). The van der Waals surface area contributed by atoms with Gasteiger partial charge in [0.25, 0.3) is 0 Å². The fourth-order valence-electron chi connectivity index (χ4n) is 1.31. The van der Waals surface area contributed by atoms with Crippen molar-refractivity contribution >= 4 is 5.82 Å². The zero-order valence-corrected chi connectivity index (χ0v) is 8.89. The maximum Gasteiger partial charge on any atom is 0.126 e. The van der Waals surface area contributed by atoms with Crippen molar-refractivity contribution in [3.8, 4) is 0 Å². The minimum atomic E-state index is 0.444. The third-order valence-corrected chi connectivity index (χ3v) is 1.86. The van der Waals surface area contributed by atoms with E-state index in [1.165, 1.54) is 5.56 Å². The maximum atomic E-state index is 4.41. The smallest absolute Gasteiger partial charge is 0.126 e. The molecule has 0 saturated heterocycles. The summed E-state index contributed by atoms with van der Waals surface area (Å²) in [5.41, 5.74) is 2.43. The summed E-state index contributed by atoms with van der Waals surface area (Å²) < 4.78 is 0. The van der Waals surface area contributed by atoms with Gasteiger partial charge in [0.1, 0.15) is 5.82 Å². The van der Waals surface area contributed by atoms with Crippen LogP contribution in [0, 0.1) is 6.92 Å². The molecule has 13 heavy (non-hydrogen) atoms. The zero-order chi connectivity index (χ0) is 9.84.